The van der Waals surface area contributed by atoms with E-state index in [1.165, 1.54) is 12.1 Å². The predicted molar refractivity (Wildman–Crippen MR) is 280 cm³/mol. The van der Waals surface area contributed by atoms with Crippen LogP contribution in [-0.2, 0) is 10.1 Å². The molecule has 0 spiro atoms. The Hall–Kier alpha value is -7.16. The van der Waals surface area contributed by atoms with E-state index in [1.807, 2.05) is 97.1 Å². The second kappa shape index (κ2) is 21.1. The maximum atomic E-state index is 12.1. The van der Waals surface area contributed by atoms with E-state index >= 15 is 0 Å². The molecule has 9 aromatic carbocycles. The Morgan fingerprint density at radius 3 is 0.958 bits per heavy atom. The zero-order valence-electron chi connectivity index (χ0n) is 39.6. The first-order chi connectivity index (χ1) is 34.1. The first-order valence-electron chi connectivity index (χ1n) is 22.3. The number of ether oxygens (including phenoxy) is 4. The van der Waals surface area contributed by atoms with Crippen molar-refractivity contribution in [1.29, 1.82) is 0 Å². The summed E-state index contributed by atoms with van der Waals surface area (Å²) in [5.41, 5.74) is 12.3. The first-order valence-corrected chi connectivity index (χ1v) is 24.5. The summed E-state index contributed by atoms with van der Waals surface area (Å²) >= 11 is 1.67. The molecule has 0 atom stereocenters. The summed E-state index contributed by atoms with van der Waals surface area (Å²) in [5, 5.41) is 0. The van der Waals surface area contributed by atoms with Crippen LogP contribution >= 0.6 is 11.8 Å². The fraction of sp³-hybridized carbons (Fsp3) is 0.0690. The van der Waals surface area contributed by atoms with Gasteiger partial charge in [-0.05, 0) is 192 Å². The fourth-order valence-corrected chi connectivity index (χ4v) is 10.1. The molecule has 10 nitrogen and oxygen atoms in total. The Bertz CT molecular complexity index is 3110. The summed E-state index contributed by atoms with van der Waals surface area (Å²) in [7, 11) is 1.97. The van der Waals surface area contributed by atoms with Crippen LogP contribution in [0.4, 0.5) is 51.2 Å². The summed E-state index contributed by atoms with van der Waals surface area (Å²) < 4.78 is 58.1. The maximum Gasteiger partial charge on any atom is 1.00 e. The Balaban J connectivity index is 0.00000624. The maximum absolute atomic E-state index is 12.1. The largest absolute Gasteiger partial charge is 1.00 e. The Morgan fingerprint density at radius 1 is 0.394 bits per heavy atom. The molecule has 0 N–H and O–H groups in total. The summed E-state index contributed by atoms with van der Waals surface area (Å²) in [6.07, 6.45) is 0. The molecule has 1 heterocycles. The second-order valence-electron chi connectivity index (χ2n) is 16.3. The van der Waals surface area contributed by atoms with Gasteiger partial charge in [-0.3, -0.25) is 0 Å². The minimum atomic E-state index is -4.66. The molecule has 0 aromatic heterocycles. The van der Waals surface area contributed by atoms with Gasteiger partial charge in [-0.2, -0.15) is 0 Å². The number of hydrogen-bond acceptors (Lipinski definition) is 11. The van der Waals surface area contributed by atoms with Gasteiger partial charge in [-0.1, -0.05) is 48.2 Å². The molecule has 0 saturated carbocycles. The molecular weight excluding hydrogens is 938 g/mol. The number of methoxy groups -OCH3 is 4. The molecule has 0 amide bonds. The molecule has 0 unspecified atom stereocenters. The van der Waals surface area contributed by atoms with Crippen LogP contribution < -0.4 is 63.2 Å². The van der Waals surface area contributed by atoms with Gasteiger partial charge in [0.2, 0.25) is 0 Å². The first kappa shape index (κ1) is 48.8. The van der Waals surface area contributed by atoms with Crippen LogP contribution in [0.2, 0.25) is 0 Å². The van der Waals surface area contributed by atoms with E-state index in [1.54, 1.807) is 52.3 Å². The van der Waals surface area contributed by atoms with Crippen molar-refractivity contribution in [2.75, 3.05) is 43.1 Å². The molecule has 348 valence electrons. The van der Waals surface area contributed by atoms with Crippen LogP contribution in [0.5, 0.6) is 23.0 Å². The molecule has 1 aliphatic rings. The quantitative estimate of drug-likeness (QED) is 0.0768. The Labute approximate surface area is 440 Å². The summed E-state index contributed by atoms with van der Waals surface area (Å²) in [4.78, 5) is 8.25. The summed E-state index contributed by atoms with van der Waals surface area (Å²) in [6.45, 7) is 0. The van der Waals surface area contributed by atoms with Crippen LogP contribution in [0.15, 0.2) is 221 Å². The second-order valence-corrected chi connectivity index (χ2v) is 18.8. The van der Waals surface area contributed by atoms with Crippen LogP contribution in [0.3, 0.4) is 0 Å². The van der Waals surface area contributed by atoms with E-state index in [0.29, 0.717) is 5.69 Å². The van der Waals surface area contributed by atoms with Crippen molar-refractivity contribution in [3.63, 3.8) is 0 Å². The van der Waals surface area contributed by atoms with Gasteiger partial charge in [0.05, 0.1) is 44.7 Å². The minimum absolute atomic E-state index is 0. The van der Waals surface area contributed by atoms with Crippen molar-refractivity contribution >= 4 is 73.1 Å². The summed E-state index contributed by atoms with van der Waals surface area (Å²) in [5.74, 6) is 3.08. The van der Waals surface area contributed by atoms with Gasteiger partial charge in [0, 0.05) is 49.6 Å². The third-order valence-corrected chi connectivity index (χ3v) is 14.2. The third kappa shape index (κ3) is 10.2. The zero-order chi connectivity index (χ0) is 48.4. The molecule has 0 aliphatic carbocycles. The number of rotatable bonds is 14. The fourth-order valence-electron chi connectivity index (χ4n) is 8.63. The van der Waals surface area contributed by atoms with Gasteiger partial charge in [0.25, 0.3) is 0 Å². The number of hydrogen-bond donors (Lipinski definition) is 0. The molecule has 0 saturated heterocycles. The van der Waals surface area contributed by atoms with Gasteiger partial charge in [0.15, 0.2) is 0 Å². The minimum Gasteiger partial charge on any atom is -0.744 e. The van der Waals surface area contributed by atoms with Crippen LogP contribution in [0.1, 0.15) is 0 Å². The average Bonchev–Trinajstić information content (AvgIpc) is 3.41. The van der Waals surface area contributed by atoms with Crippen LogP contribution in [0.25, 0.3) is 22.3 Å². The molecule has 13 heteroatoms. The number of nitrogens with zero attached hydrogens (tertiary/aromatic N) is 3. The molecule has 0 fully saturated rings. The Kier molecular flexibility index (Phi) is 14.5. The van der Waals surface area contributed by atoms with Gasteiger partial charge in [0.1, 0.15) is 33.1 Å². The summed E-state index contributed by atoms with van der Waals surface area (Å²) in [6, 6.07) is 67.7. The van der Waals surface area contributed by atoms with Crippen LogP contribution in [-0.4, -0.2) is 41.4 Å². The van der Waals surface area contributed by atoms with Gasteiger partial charge >= 0.3 is 29.6 Å². The van der Waals surface area contributed by atoms with Crippen molar-refractivity contribution in [2.24, 2.45) is 0 Å². The van der Waals surface area contributed by atoms with Crippen molar-refractivity contribution < 1.29 is 61.5 Å². The molecule has 1 aliphatic heterocycles. The molecule has 9 aromatic rings. The molecular formula is C58H46N3NaO7S2. The van der Waals surface area contributed by atoms with E-state index in [4.69, 9.17) is 18.9 Å². The number of fused-ring (bicyclic) bond motifs is 2. The van der Waals surface area contributed by atoms with E-state index in [-0.39, 0.29) is 34.5 Å². The van der Waals surface area contributed by atoms with Crippen LogP contribution in [0, 0.1) is 0 Å². The number of anilines is 9. The van der Waals surface area contributed by atoms with Crippen molar-refractivity contribution in [3.8, 4) is 45.3 Å². The topological polar surface area (TPSA) is 104 Å². The Morgan fingerprint density at radius 2 is 0.676 bits per heavy atom. The standard InChI is InChI=1S/C58H47N3O7S2.Na/c1-65-50-25-15-45(16-26-50)59(46-17-27-51(66-2)28-18-46)43-11-5-39(6-12-43)41-9-35-57-55(37-41)61(49-23-33-54(34-24-49)70(62,63)64)56-38-42(10-36-58(56)69-57)40-7-13-44(14-8-40)60(47-19-29-52(67-3)30-20-47)48-21-31-53(68-4)32-22-48;/h5-38H,1-4H3,(H,62,63,64);/q;+1/p-1. The van der Waals surface area contributed by atoms with Crippen molar-refractivity contribution in [2.45, 2.75) is 14.7 Å². The van der Waals surface area contributed by atoms with Gasteiger partial charge in [-0.15, -0.1) is 0 Å². The SMILES string of the molecule is COc1ccc(N(c2ccc(OC)cc2)c2ccc(-c3ccc4c(c3)N(c3ccc(S(=O)(=O)[O-])cc3)c3cc(-c5ccc(N(c6ccc(OC)cc6)c6ccc(OC)cc6)cc5)ccc3S4)cc2)cc1.[Na+]. The van der Waals surface area contributed by atoms with Crippen molar-refractivity contribution in [3.05, 3.63) is 206 Å². The number of benzene rings is 9. The van der Waals surface area contributed by atoms with Crippen molar-refractivity contribution in [1.82, 2.24) is 0 Å². The molecule has 10 rings (SSSR count). The van der Waals surface area contributed by atoms with E-state index in [9.17, 15) is 13.0 Å². The average molecular weight is 984 g/mol. The van der Waals surface area contributed by atoms with E-state index < -0.39 is 10.1 Å². The van der Waals surface area contributed by atoms with Gasteiger partial charge < -0.3 is 38.2 Å². The third-order valence-electron chi connectivity index (χ3n) is 12.2. The molecule has 0 bridgehead atoms. The van der Waals surface area contributed by atoms with Gasteiger partial charge in [-0.25, -0.2) is 8.42 Å². The smallest absolute Gasteiger partial charge is 0.744 e. The normalized spacial score (nSPS) is 11.6. The van der Waals surface area contributed by atoms with E-state index in [0.717, 1.165) is 101 Å². The molecule has 71 heavy (non-hydrogen) atoms. The van der Waals surface area contributed by atoms with E-state index in [2.05, 4.69) is 99.6 Å². The monoisotopic (exact) mass is 983 g/mol. The molecule has 0 radical (unpaired) electrons. The zero-order valence-corrected chi connectivity index (χ0v) is 43.3. The predicted octanol–water partition coefficient (Wildman–Crippen LogP) is 11.8.